The zero-order chi connectivity index (χ0) is 24.8. The molecule has 9 atom stereocenters. The molecule has 196 valence electrons. The number of anilines is 2. The highest BCUT2D eigenvalue weighted by molar-refractivity contribution is 5.59. The molecule has 0 unspecified atom stereocenters. The molecule has 0 aromatic heterocycles. The molecule has 4 nitrogen and oxygen atoms in total. The quantitative estimate of drug-likeness (QED) is 0.397. The molecule has 5 rings (SSSR count). The Kier molecular flexibility index (Phi) is 7.18. The second-order valence-corrected chi connectivity index (χ2v) is 13.0. The first-order chi connectivity index (χ1) is 16.8. The summed E-state index contributed by atoms with van der Waals surface area (Å²) in [6.45, 7) is 10.6. The average Bonchev–Trinajstić information content (AvgIpc) is 3.21. The van der Waals surface area contributed by atoms with Crippen molar-refractivity contribution in [3.63, 3.8) is 0 Å². The van der Waals surface area contributed by atoms with E-state index in [4.69, 9.17) is 4.74 Å². The van der Waals surface area contributed by atoms with Gasteiger partial charge in [0, 0.05) is 31.1 Å². The minimum absolute atomic E-state index is 0.462. The predicted molar refractivity (Wildman–Crippen MR) is 146 cm³/mol. The third kappa shape index (κ3) is 4.63. The Balaban J connectivity index is 1.26. The first-order valence-electron chi connectivity index (χ1n) is 14.6. The number of hydrogen-bond donors (Lipinski definition) is 3. The van der Waals surface area contributed by atoms with Crippen LogP contribution in [0.2, 0.25) is 0 Å². The normalized spacial score (nSPS) is 41.4. The van der Waals surface area contributed by atoms with Crippen LogP contribution in [0.5, 0.6) is 0 Å². The third-order valence-corrected chi connectivity index (χ3v) is 11.3. The summed E-state index contributed by atoms with van der Waals surface area (Å²) < 4.78 is 5.67. The second-order valence-electron chi connectivity index (χ2n) is 13.0. The fraction of sp³-hybridized carbons (Fsp3) is 0.806. The number of hydrogen-bond acceptors (Lipinski definition) is 4. The van der Waals surface area contributed by atoms with Gasteiger partial charge in [-0.2, -0.15) is 0 Å². The van der Waals surface area contributed by atoms with Gasteiger partial charge >= 0.3 is 0 Å². The smallest absolute Gasteiger partial charge is 0.0883 e. The lowest BCUT2D eigenvalue weighted by molar-refractivity contribution is -0.128. The van der Waals surface area contributed by atoms with E-state index in [0.29, 0.717) is 30.6 Å². The number of aliphatic hydroxyl groups is 1. The molecule has 4 saturated carbocycles. The summed E-state index contributed by atoms with van der Waals surface area (Å²) in [5.41, 5.74) is 3.69. The Labute approximate surface area is 214 Å². The first-order valence-corrected chi connectivity index (χ1v) is 14.6. The summed E-state index contributed by atoms with van der Waals surface area (Å²) in [5.74, 6) is 4.97. The highest BCUT2D eigenvalue weighted by Gasteiger charge is 2.58. The number of ether oxygens (including phenoxy) is 1. The molecule has 0 amide bonds. The number of fused-ring (bicyclic) bond motifs is 5. The van der Waals surface area contributed by atoms with Gasteiger partial charge < -0.3 is 20.5 Å². The third-order valence-electron chi connectivity index (χ3n) is 11.3. The van der Waals surface area contributed by atoms with Gasteiger partial charge in [0.05, 0.1) is 12.2 Å². The molecule has 0 aliphatic heterocycles. The molecule has 0 saturated heterocycles. The number of aryl methyl sites for hydroxylation is 1. The van der Waals surface area contributed by atoms with Crippen molar-refractivity contribution in [1.29, 1.82) is 0 Å². The number of nitrogens with one attached hydrogen (secondary N) is 2. The molecule has 0 spiro atoms. The van der Waals surface area contributed by atoms with Crippen LogP contribution in [-0.2, 0) is 4.74 Å². The fourth-order valence-electron chi connectivity index (χ4n) is 9.57. The SMILES string of the molecule is CCOC[C@@]1(O)CC[C@H]2[C@H](CC[C@@H]3[C@@H]2CC[C@]2(C)[C@@H]([C@@H](C)Nc4ccc(NC)cc4C)CC[C@@H]32)C1. The van der Waals surface area contributed by atoms with Crippen molar-refractivity contribution in [3.05, 3.63) is 23.8 Å². The first kappa shape index (κ1) is 25.4. The van der Waals surface area contributed by atoms with Gasteiger partial charge in [-0.25, -0.2) is 0 Å². The van der Waals surface area contributed by atoms with Crippen molar-refractivity contribution in [2.45, 2.75) is 97.1 Å². The molecule has 4 fully saturated rings. The molecule has 35 heavy (non-hydrogen) atoms. The van der Waals surface area contributed by atoms with E-state index >= 15 is 0 Å². The van der Waals surface area contributed by atoms with Crippen LogP contribution in [0.3, 0.4) is 0 Å². The standard InChI is InChI=1S/C31H50N2O2/c1-6-35-19-31(34)16-14-24-22(18-31)7-9-26-25(24)13-15-30(4)27(10-11-28(26)30)21(3)33-29-12-8-23(32-5)17-20(29)2/h8,12,17,21-22,24-28,32-34H,6-7,9-11,13-16,18-19H2,1-5H3/t21-,22-,24+,25-,26-,27-,28+,30-,31-/m1/s1. The van der Waals surface area contributed by atoms with E-state index in [1.165, 1.54) is 61.9 Å². The van der Waals surface area contributed by atoms with E-state index in [0.717, 1.165) is 42.4 Å². The summed E-state index contributed by atoms with van der Waals surface area (Å²) in [6.07, 6.45) is 11.4. The topological polar surface area (TPSA) is 53.5 Å². The van der Waals surface area contributed by atoms with E-state index in [1.807, 2.05) is 14.0 Å². The minimum Gasteiger partial charge on any atom is -0.388 e. The number of benzene rings is 1. The zero-order valence-electron chi connectivity index (χ0n) is 22.9. The maximum absolute atomic E-state index is 11.2. The lowest BCUT2D eigenvalue weighted by Gasteiger charge is -2.57. The monoisotopic (exact) mass is 482 g/mol. The number of rotatable bonds is 7. The molecule has 3 N–H and O–H groups in total. The van der Waals surface area contributed by atoms with Crippen molar-refractivity contribution < 1.29 is 9.84 Å². The van der Waals surface area contributed by atoms with Gasteiger partial charge in [-0.1, -0.05) is 6.92 Å². The van der Waals surface area contributed by atoms with Gasteiger partial charge in [-0.05, 0) is 143 Å². The maximum Gasteiger partial charge on any atom is 0.0883 e. The molecule has 0 bridgehead atoms. The van der Waals surface area contributed by atoms with Crippen LogP contribution >= 0.6 is 0 Å². The molecule has 4 aliphatic carbocycles. The van der Waals surface area contributed by atoms with Gasteiger partial charge in [0.25, 0.3) is 0 Å². The Morgan fingerprint density at radius 3 is 2.60 bits per heavy atom. The van der Waals surface area contributed by atoms with Crippen molar-refractivity contribution in [2.75, 3.05) is 30.9 Å². The minimum atomic E-state index is -0.573. The molecule has 0 radical (unpaired) electrons. The lowest BCUT2D eigenvalue weighted by Crippen LogP contribution is -2.52. The summed E-state index contributed by atoms with van der Waals surface area (Å²) >= 11 is 0. The summed E-state index contributed by atoms with van der Waals surface area (Å²) in [7, 11) is 1.99. The van der Waals surface area contributed by atoms with Crippen LogP contribution < -0.4 is 10.6 Å². The molecular weight excluding hydrogens is 432 g/mol. The molecule has 4 heteroatoms. The lowest BCUT2D eigenvalue weighted by atomic mass is 9.48. The van der Waals surface area contributed by atoms with Crippen LogP contribution in [0, 0.1) is 47.8 Å². The van der Waals surface area contributed by atoms with Crippen LogP contribution in [0.1, 0.15) is 84.1 Å². The maximum atomic E-state index is 11.2. The van der Waals surface area contributed by atoms with Crippen LogP contribution in [0.4, 0.5) is 11.4 Å². The van der Waals surface area contributed by atoms with Crippen molar-refractivity contribution in [3.8, 4) is 0 Å². The van der Waals surface area contributed by atoms with Crippen LogP contribution in [-0.4, -0.2) is 37.0 Å². The Hall–Kier alpha value is -1.26. The Bertz CT molecular complexity index is 889. The van der Waals surface area contributed by atoms with Gasteiger partial charge in [0.1, 0.15) is 0 Å². The van der Waals surface area contributed by atoms with E-state index < -0.39 is 5.60 Å². The van der Waals surface area contributed by atoms with Crippen molar-refractivity contribution in [1.82, 2.24) is 0 Å². The second kappa shape index (κ2) is 9.89. The van der Waals surface area contributed by atoms with E-state index in [2.05, 4.69) is 49.6 Å². The summed E-state index contributed by atoms with van der Waals surface area (Å²) in [5, 5.41) is 18.4. The molecule has 1 aromatic carbocycles. The van der Waals surface area contributed by atoms with Gasteiger partial charge in [0.15, 0.2) is 0 Å². The van der Waals surface area contributed by atoms with E-state index in [-0.39, 0.29) is 0 Å². The zero-order valence-corrected chi connectivity index (χ0v) is 22.9. The van der Waals surface area contributed by atoms with E-state index in [1.54, 1.807) is 0 Å². The summed E-state index contributed by atoms with van der Waals surface area (Å²) in [4.78, 5) is 0. The molecule has 0 heterocycles. The highest BCUT2D eigenvalue weighted by Crippen LogP contribution is 2.65. The van der Waals surface area contributed by atoms with Crippen LogP contribution in [0.15, 0.2) is 18.2 Å². The molecule has 4 aliphatic rings. The van der Waals surface area contributed by atoms with Gasteiger partial charge in [-0.3, -0.25) is 0 Å². The predicted octanol–water partition coefficient (Wildman–Crippen LogP) is 6.87. The molecule has 1 aromatic rings. The fourth-order valence-corrected chi connectivity index (χ4v) is 9.57. The average molecular weight is 483 g/mol. The van der Waals surface area contributed by atoms with Crippen molar-refractivity contribution >= 4 is 11.4 Å². The highest BCUT2D eigenvalue weighted by atomic mass is 16.5. The van der Waals surface area contributed by atoms with E-state index in [9.17, 15) is 5.11 Å². The van der Waals surface area contributed by atoms with Crippen LogP contribution in [0.25, 0.3) is 0 Å². The Morgan fingerprint density at radius 2 is 1.86 bits per heavy atom. The Morgan fingerprint density at radius 1 is 1.06 bits per heavy atom. The molecular formula is C31H50N2O2. The largest absolute Gasteiger partial charge is 0.388 e. The van der Waals surface area contributed by atoms with Gasteiger partial charge in [0.2, 0.25) is 0 Å². The summed E-state index contributed by atoms with van der Waals surface area (Å²) in [6, 6.07) is 7.18. The van der Waals surface area contributed by atoms with Crippen molar-refractivity contribution in [2.24, 2.45) is 40.9 Å². The van der Waals surface area contributed by atoms with Gasteiger partial charge in [-0.15, -0.1) is 0 Å².